The van der Waals surface area contributed by atoms with E-state index in [-0.39, 0.29) is 6.61 Å². The molecule has 0 bridgehead atoms. The Labute approximate surface area is 151 Å². The van der Waals surface area contributed by atoms with Crippen LogP contribution in [0, 0.1) is 0 Å². The Morgan fingerprint density at radius 2 is 1.92 bits per heavy atom. The lowest BCUT2D eigenvalue weighted by molar-refractivity contribution is -0.0511. The topological polar surface area (TPSA) is 117 Å². The van der Waals surface area contributed by atoms with E-state index in [0.29, 0.717) is 17.2 Å². The maximum absolute atomic E-state index is 10.3. The van der Waals surface area contributed by atoms with E-state index in [1.807, 2.05) is 7.05 Å². The molecule has 2 unspecified atom stereocenters. The standard InChI is InChI=1S/C17H25N5O4/c1-21(10-5-3-2-4-6-10)15-12-16(19-8-18-15)22(9-20-12)17-14(25)13(24)11(7-23)26-17/h8-11,13-14,17,23-25H,2-7H2,1H3/t11-,13?,14?,17-/m1/s1. The van der Waals surface area contributed by atoms with Crippen LogP contribution in [0.25, 0.3) is 11.2 Å². The molecule has 9 nitrogen and oxygen atoms in total. The van der Waals surface area contributed by atoms with E-state index in [2.05, 4.69) is 19.9 Å². The predicted octanol–water partition coefficient (Wildman–Crippen LogP) is 0.207. The second-order valence-corrected chi connectivity index (χ2v) is 7.15. The minimum absolute atomic E-state index is 0.369. The van der Waals surface area contributed by atoms with Crippen molar-refractivity contribution in [1.82, 2.24) is 19.5 Å². The summed E-state index contributed by atoms with van der Waals surface area (Å²) in [4.78, 5) is 15.4. The molecule has 1 aliphatic carbocycles. The first-order chi connectivity index (χ1) is 12.6. The SMILES string of the molecule is CN(c1ncnc2c1ncn2[C@@H]1O[C@H](CO)C(O)C1O)C1CCCCC1. The number of fused-ring (bicyclic) bond motifs is 1. The van der Waals surface area contributed by atoms with Crippen LogP contribution in [-0.2, 0) is 4.74 Å². The van der Waals surface area contributed by atoms with Crippen molar-refractivity contribution in [2.45, 2.75) is 62.7 Å². The van der Waals surface area contributed by atoms with Gasteiger partial charge in [0.25, 0.3) is 0 Å². The summed E-state index contributed by atoms with van der Waals surface area (Å²) in [5.41, 5.74) is 1.17. The summed E-state index contributed by atoms with van der Waals surface area (Å²) in [7, 11) is 2.03. The zero-order valence-corrected chi connectivity index (χ0v) is 14.8. The summed E-state index contributed by atoms with van der Waals surface area (Å²) in [6, 6.07) is 0.431. The average Bonchev–Trinajstić information content (AvgIpc) is 3.23. The second kappa shape index (κ2) is 7.07. The minimum atomic E-state index is -1.17. The van der Waals surface area contributed by atoms with E-state index in [9.17, 15) is 15.3 Å². The largest absolute Gasteiger partial charge is 0.394 e. The summed E-state index contributed by atoms with van der Waals surface area (Å²) >= 11 is 0. The van der Waals surface area contributed by atoms with Gasteiger partial charge in [-0.2, -0.15) is 0 Å². The minimum Gasteiger partial charge on any atom is -0.394 e. The first-order valence-corrected chi connectivity index (χ1v) is 9.14. The number of hydrogen-bond donors (Lipinski definition) is 3. The fraction of sp³-hybridized carbons (Fsp3) is 0.706. The van der Waals surface area contributed by atoms with Crippen LogP contribution in [0.4, 0.5) is 5.82 Å². The molecule has 1 saturated heterocycles. The lowest BCUT2D eigenvalue weighted by atomic mass is 9.94. The van der Waals surface area contributed by atoms with Crippen molar-refractivity contribution < 1.29 is 20.1 Å². The first kappa shape index (κ1) is 17.6. The van der Waals surface area contributed by atoms with Crippen molar-refractivity contribution in [3.05, 3.63) is 12.7 Å². The van der Waals surface area contributed by atoms with Crippen LogP contribution in [0.15, 0.2) is 12.7 Å². The summed E-state index contributed by atoms with van der Waals surface area (Å²) < 4.78 is 7.20. The first-order valence-electron chi connectivity index (χ1n) is 9.14. The molecule has 4 atom stereocenters. The van der Waals surface area contributed by atoms with Gasteiger partial charge >= 0.3 is 0 Å². The molecule has 9 heteroatoms. The van der Waals surface area contributed by atoms with Gasteiger partial charge in [-0.05, 0) is 12.8 Å². The number of rotatable bonds is 4. The Morgan fingerprint density at radius 1 is 1.15 bits per heavy atom. The van der Waals surface area contributed by atoms with Crippen molar-refractivity contribution in [2.24, 2.45) is 0 Å². The van der Waals surface area contributed by atoms with Crippen molar-refractivity contribution in [3.8, 4) is 0 Å². The van der Waals surface area contributed by atoms with Crippen LogP contribution in [0.3, 0.4) is 0 Å². The molecule has 3 N–H and O–H groups in total. The molecule has 0 amide bonds. The molecule has 3 heterocycles. The molecule has 0 spiro atoms. The van der Waals surface area contributed by atoms with E-state index < -0.39 is 24.5 Å². The Balaban J connectivity index is 1.67. The summed E-state index contributed by atoms with van der Waals surface area (Å²) in [5, 5.41) is 29.6. The molecule has 1 aliphatic heterocycles. The summed E-state index contributed by atoms with van der Waals surface area (Å²) in [5.74, 6) is 0.757. The van der Waals surface area contributed by atoms with Gasteiger partial charge in [0.2, 0.25) is 0 Å². The van der Waals surface area contributed by atoms with Crippen molar-refractivity contribution >= 4 is 17.0 Å². The average molecular weight is 363 g/mol. The number of aliphatic hydroxyl groups is 3. The predicted molar refractivity (Wildman–Crippen MR) is 93.6 cm³/mol. The number of nitrogens with zero attached hydrogens (tertiary/aromatic N) is 5. The van der Waals surface area contributed by atoms with E-state index in [1.54, 1.807) is 4.57 Å². The van der Waals surface area contributed by atoms with Gasteiger partial charge in [0.15, 0.2) is 23.2 Å². The van der Waals surface area contributed by atoms with Crippen LogP contribution < -0.4 is 4.90 Å². The van der Waals surface area contributed by atoms with Crippen LogP contribution in [0.1, 0.15) is 38.3 Å². The van der Waals surface area contributed by atoms with Crippen molar-refractivity contribution in [1.29, 1.82) is 0 Å². The Bertz CT molecular complexity index is 763. The molecule has 142 valence electrons. The molecule has 0 radical (unpaired) electrons. The zero-order valence-electron chi connectivity index (χ0n) is 14.8. The van der Waals surface area contributed by atoms with Crippen LogP contribution in [0.2, 0.25) is 0 Å². The number of hydrogen-bond acceptors (Lipinski definition) is 8. The highest BCUT2D eigenvalue weighted by Crippen LogP contribution is 2.33. The van der Waals surface area contributed by atoms with Gasteiger partial charge in [0, 0.05) is 13.1 Å². The van der Waals surface area contributed by atoms with E-state index >= 15 is 0 Å². The molecule has 2 fully saturated rings. The number of anilines is 1. The summed E-state index contributed by atoms with van der Waals surface area (Å²) in [6.07, 6.45) is 5.01. The highest BCUT2D eigenvalue weighted by Gasteiger charge is 2.44. The van der Waals surface area contributed by atoms with Crippen LogP contribution in [-0.4, -0.2) is 72.8 Å². The quantitative estimate of drug-likeness (QED) is 0.706. The van der Waals surface area contributed by atoms with Gasteiger partial charge in [-0.1, -0.05) is 19.3 Å². The second-order valence-electron chi connectivity index (χ2n) is 7.15. The van der Waals surface area contributed by atoms with Gasteiger partial charge in [0.05, 0.1) is 12.9 Å². The van der Waals surface area contributed by atoms with Crippen LogP contribution >= 0.6 is 0 Å². The molecule has 2 aromatic rings. The third kappa shape index (κ3) is 2.84. The highest BCUT2D eigenvalue weighted by atomic mass is 16.6. The molecule has 1 saturated carbocycles. The smallest absolute Gasteiger partial charge is 0.167 e. The maximum atomic E-state index is 10.3. The molecular weight excluding hydrogens is 338 g/mol. The number of aromatic nitrogens is 4. The lowest BCUT2D eigenvalue weighted by Gasteiger charge is -2.32. The molecule has 4 rings (SSSR count). The molecule has 2 aromatic heterocycles. The maximum Gasteiger partial charge on any atom is 0.167 e. The van der Waals surface area contributed by atoms with Crippen LogP contribution in [0.5, 0.6) is 0 Å². The fourth-order valence-electron chi connectivity index (χ4n) is 4.04. The molecule has 26 heavy (non-hydrogen) atoms. The number of imidazole rings is 1. The van der Waals surface area contributed by atoms with E-state index in [1.165, 1.54) is 31.9 Å². The monoisotopic (exact) mass is 363 g/mol. The third-order valence-electron chi connectivity index (χ3n) is 5.59. The molecular formula is C17H25N5O4. The van der Waals surface area contributed by atoms with E-state index in [4.69, 9.17) is 4.74 Å². The molecule has 0 aromatic carbocycles. The van der Waals surface area contributed by atoms with Gasteiger partial charge in [-0.15, -0.1) is 0 Å². The highest BCUT2D eigenvalue weighted by molar-refractivity contribution is 5.83. The van der Waals surface area contributed by atoms with E-state index in [0.717, 1.165) is 18.7 Å². The van der Waals surface area contributed by atoms with Gasteiger partial charge < -0.3 is 25.0 Å². The Kier molecular flexibility index (Phi) is 4.78. The molecule has 2 aliphatic rings. The Hall–Kier alpha value is -1.81. The number of ether oxygens (including phenoxy) is 1. The normalized spacial score (nSPS) is 30.2. The Morgan fingerprint density at radius 3 is 2.62 bits per heavy atom. The fourth-order valence-corrected chi connectivity index (χ4v) is 4.04. The van der Waals surface area contributed by atoms with Gasteiger partial charge in [0.1, 0.15) is 24.6 Å². The third-order valence-corrected chi connectivity index (χ3v) is 5.59. The van der Waals surface area contributed by atoms with Gasteiger partial charge in [-0.3, -0.25) is 4.57 Å². The van der Waals surface area contributed by atoms with Gasteiger partial charge in [-0.25, -0.2) is 15.0 Å². The van der Waals surface area contributed by atoms with Crippen molar-refractivity contribution in [3.63, 3.8) is 0 Å². The lowest BCUT2D eigenvalue weighted by Crippen LogP contribution is -2.34. The van der Waals surface area contributed by atoms with Crippen molar-refractivity contribution in [2.75, 3.05) is 18.6 Å². The summed E-state index contributed by atoms with van der Waals surface area (Å²) in [6.45, 7) is -0.369. The zero-order chi connectivity index (χ0) is 18.3. The number of aliphatic hydroxyl groups excluding tert-OH is 3.